The topological polar surface area (TPSA) is 80.9 Å². The average molecular weight is 277 g/mol. The van der Waals surface area contributed by atoms with Crippen LogP contribution >= 0.6 is 0 Å². The third kappa shape index (κ3) is 145. The van der Waals surface area contributed by atoms with Gasteiger partial charge in [0, 0.05) is 50.1 Å². The molecule has 0 aromatic carbocycles. The van der Waals surface area contributed by atoms with Crippen molar-refractivity contribution in [2.75, 3.05) is 0 Å². The van der Waals surface area contributed by atoms with E-state index >= 15 is 0 Å². The molecule has 0 amide bonds. The minimum Gasteiger partial charge on any atom is 0 e. The van der Waals surface area contributed by atoms with E-state index in [-0.39, 0.29) is 68.9 Å². The number of hydrogen-bond donors (Lipinski definition) is 4. The van der Waals surface area contributed by atoms with E-state index < -0.39 is 9.05 Å². The molecule has 0 bridgehead atoms. The molecular formula is H5FeLiNi2O4Si. The van der Waals surface area contributed by atoms with Crippen LogP contribution in [0.25, 0.3) is 0 Å². The van der Waals surface area contributed by atoms with E-state index in [1.165, 1.54) is 0 Å². The van der Waals surface area contributed by atoms with Gasteiger partial charge in [0.25, 0.3) is 0 Å². The summed E-state index contributed by atoms with van der Waals surface area (Å²) in [5, 5.41) is 0. The van der Waals surface area contributed by atoms with E-state index in [1.807, 2.05) is 0 Å². The van der Waals surface area contributed by atoms with Gasteiger partial charge in [-0.3, -0.25) is 0 Å². The van der Waals surface area contributed by atoms with E-state index in [0.717, 1.165) is 0 Å². The smallest absolute Gasteiger partial charge is 0 e. The Bertz CT molecular complexity index is 34.0. The zero-order valence-electron chi connectivity index (χ0n) is 3.27. The van der Waals surface area contributed by atoms with E-state index in [1.54, 1.807) is 0 Å². The van der Waals surface area contributed by atoms with Gasteiger partial charge in [-0.1, -0.05) is 0 Å². The van der Waals surface area contributed by atoms with Gasteiger partial charge in [0.05, 0.1) is 0 Å². The Labute approximate surface area is 96.4 Å². The van der Waals surface area contributed by atoms with Crippen LogP contribution in [0, 0.1) is 0 Å². The molecule has 0 fully saturated rings. The maximum Gasteiger partial charge on any atom is 0 e. The Morgan fingerprint density at radius 2 is 0.778 bits per heavy atom. The second-order valence-electron chi connectivity index (χ2n) is 0.600. The molecule has 0 aliphatic rings. The van der Waals surface area contributed by atoms with Gasteiger partial charge < -0.3 is 19.2 Å². The summed E-state index contributed by atoms with van der Waals surface area (Å²) in [6.45, 7) is 0. The summed E-state index contributed by atoms with van der Waals surface area (Å²) in [6, 6.07) is 0. The summed E-state index contributed by atoms with van der Waals surface area (Å²) in [4.78, 5) is 29.3. The summed E-state index contributed by atoms with van der Waals surface area (Å²) in [6.07, 6.45) is 0. The quantitative estimate of drug-likeness (QED) is 0.350. The van der Waals surface area contributed by atoms with Crippen molar-refractivity contribution < 1.29 is 69.2 Å². The van der Waals surface area contributed by atoms with Crippen molar-refractivity contribution in [2.24, 2.45) is 0 Å². The Hall–Kier alpha value is 2.16. The van der Waals surface area contributed by atoms with Crippen molar-refractivity contribution in [1.82, 2.24) is 0 Å². The van der Waals surface area contributed by atoms with Crippen molar-refractivity contribution in [3.05, 3.63) is 0 Å². The third-order valence-electron chi connectivity index (χ3n) is 0. The summed E-state index contributed by atoms with van der Waals surface area (Å²) in [5.74, 6) is 0. The predicted octanol–water partition coefficient (Wildman–Crippen LogP) is -3.26. The second kappa shape index (κ2) is 12.8. The number of hydrogen-bond acceptors (Lipinski definition) is 4. The van der Waals surface area contributed by atoms with Crippen LogP contribution in [-0.4, -0.2) is 47.1 Å². The molecule has 0 saturated heterocycles. The molecule has 0 aliphatic carbocycles. The monoisotopic (exact) mass is 276 g/mol. The van der Waals surface area contributed by atoms with Crippen molar-refractivity contribution in [3.63, 3.8) is 0 Å². The molecule has 0 saturated carbocycles. The van der Waals surface area contributed by atoms with Crippen LogP contribution < -0.4 is 0 Å². The van der Waals surface area contributed by atoms with Crippen LogP contribution in [-0.2, 0) is 50.1 Å². The predicted molar refractivity (Wildman–Crippen MR) is 21.8 cm³/mol. The van der Waals surface area contributed by atoms with Crippen LogP contribution in [0.4, 0.5) is 0 Å². The molecule has 0 heterocycles. The Kier molecular flexibility index (Phi) is 43.2. The normalized spacial score (nSPS) is 6.67. The largest absolute Gasteiger partial charge is 0 e. The van der Waals surface area contributed by atoms with Crippen LogP contribution in [0.5, 0.6) is 0 Å². The van der Waals surface area contributed by atoms with Gasteiger partial charge in [0.15, 0.2) is 0 Å². The first kappa shape index (κ1) is 30.4. The van der Waals surface area contributed by atoms with Crippen LogP contribution in [0.1, 0.15) is 0 Å². The molecule has 0 aromatic heterocycles. The molecule has 0 atom stereocenters. The molecule has 0 aliphatic heterocycles. The Balaban J connectivity index is -0.0000000133. The van der Waals surface area contributed by atoms with Gasteiger partial charge in [-0.2, -0.15) is 0 Å². The fourth-order valence-electron chi connectivity index (χ4n) is 0. The maximum atomic E-state index is 7.33. The van der Waals surface area contributed by atoms with Gasteiger partial charge in [0.1, 0.15) is 0 Å². The molecule has 0 rings (SSSR count). The van der Waals surface area contributed by atoms with E-state index in [4.69, 9.17) is 19.2 Å². The molecule has 4 nitrogen and oxygen atoms in total. The zero-order chi connectivity index (χ0) is 4.50. The second-order valence-corrected chi connectivity index (χ2v) is 1.80. The van der Waals surface area contributed by atoms with Crippen molar-refractivity contribution >= 4 is 27.9 Å². The fourth-order valence-corrected chi connectivity index (χ4v) is 0. The molecule has 62 valence electrons. The zero-order valence-corrected chi connectivity index (χ0v) is 7.35. The molecule has 0 unspecified atom stereocenters. The summed E-state index contributed by atoms with van der Waals surface area (Å²) < 4.78 is 0. The number of rotatable bonds is 0. The van der Waals surface area contributed by atoms with Gasteiger partial charge >= 0.3 is 27.9 Å². The summed E-state index contributed by atoms with van der Waals surface area (Å²) in [7, 11) is -4.61. The SMILES string of the molecule is O[Si](O)(O)O.[Fe].[LiH].[Ni].[Ni]. The first-order valence-corrected chi connectivity index (χ1v) is 2.68. The summed E-state index contributed by atoms with van der Waals surface area (Å²) >= 11 is 0. The average Bonchev–Trinajstić information content (AvgIpc) is 0.722. The van der Waals surface area contributed by atoms with E-state index in [2.05, 4.69) is 0 Å². The Morgan fingerprint density at radius 3 is 0.778 bits per heavy atom. The van der Waals surface area contributed by atoms with E-state index in [9.17, 15) is 0 Å². The molecule has 0 radical (unpaired) electrons. The van der Waals surface area contributed by atoms with E-state index in [0.29, 0.717) is 0 Å². The molecular weight excluding hydrogens is 272 g/mol. The third-order valence-corrected chi connectivity index (χ3v) is 0. The molecule has 9 heteroatoms. The first-order valence-electron chi connectivity index (χ1n) is 0.894. The molecule has 0 aromatic rings. The molecule has 0 spiro atoms. The Morgan fingerprint density at radius 1 is 0.778 bits per heavy atom. The van der Waals surface area contributed by atoms with Crippen LogP contribution in [0.2, 0.25) is 0 Å². The van der Waals surface area contributed by atoms with Gasteiger partial charge in [-0.05, 0) is 0 Å². The van der Waals surface area contributed by atoms with Gasteiger partial charge in [-0.15, -0.1) is 0 Å². The van der Waals surface area contributed by atoms with Gasteiger partial charge in [0.2, 0.25) is 0 Å². The first-order chi connectivity index (χ1) is 2.00. The minimum atomic E-state index is -4.61. The summed E-state index contributed by atoms with van der Waals surface area (Å²) in [5.41, 5.74) is 0. The maximum absolute atomic E-state index is 7.33. The van der Waals surface area contributed by atoms with Crippen molar-refractivity contribution in [1.29, 1.82) is 0 Å². The van der Waals surface area contributed by atoms with Crippen molar-refractivity contribution in [2.45, 2.75) is 0 Å². The molecule has 9 heavy (non-hydrogen) atoms. The van der Waals surface area contributed by atoms with Crippen LogP contribution in [0.15, 0.2) is 0 Å². The fraction of sp³-hybridized carbons (Fsp3) is 0. The van der Waals surface area contributed by atoms with Gasteiger partial charge in [-0.25, -0.2) is 0 Å². The van der Waals surface area contributed by atoms with Crippen molar-refractivity contribution in [3.8, 4) is 0 Å². The minimum absolute atomic E-state index is 0. The standard InChI is InChI=1S/Fe.Li.2Ni.H4O4Si.H/c;;;;1-5(2,3)4;/h;;;;1-4H;. The van der Waals surface area contributed by atoms with Crippen LogP contribution in [0.3, 0.4) is 0 Å². The molecule has 4 N–H and O–H groups in total.